The summed E-state index contributed by atoms with van der Waals surface area (Å²) in [6, 6.07) is 8.98. The minimum absolute atomic E-state index is 0. The molecule has 0 saturated carbocycles. The van der Waals surface area contributed by atoms with Crippen LogP contribution in [0, 0.1) is 0 Å². The standard InChI is InChI=1S/C21H35N5O.HI/c1-5-20(27)26-12-11-19(16-26)24-21(22-4)23-14-17-9-8-10-18(13-17)15-25(6-2)7-3;/h8-10,13,19H,5-7,11-12,14-16H2,1-4H3,(H2,22,23,24);1H. The highest BCUT2D eigenvalue weighted by Crippen LogP contribution is 2.11. The lowest BCUT2D eigenvalue weighted by Crippen LogP contribution is -2.44. The first-order chi connectivity index (χ1) is 13.1. The lowest BCUT2D eigenvalue weighted by atomic mass is 10.1. The van der Waals surface area contributed by atoms with Crippen LogP contribution in [-0.2, 0) is 17.9 Å². The van der Waals surface area contributed by atoms with Crippen LogP contribution in [-0.4, -0.2) is 60.9 Å². The van der Waals surface area contributed by atoms with Crippen molar-refractivity contribution in [3.8, 4) is 0 Å². The van der Waals surface area contributed by atoms with E-state index < -0.39 is 0 Å². The van der Waals surface area contributed by atoms with E-state index in [2.05, 4.69) is 58.6 Å². The van der Waals surface area contributed by atoms with Gasteiger partial charge in [-0.05, 0) is 30.6 Å². The molecule has 0 aliphatic carbocycles. The minimum Gasteiger partial charge on any atom is -0.352 e. The SMILES string of the molecule is CCC(=O)N1CCC(NC(=NC)NCc2cccc(CN(CC)CC)c2)C1.I. The van der Waals surface area contributed by atoms with Crippen molar-refractivity contribution in [2.75, 3.05) is 33.2 Å². The van der Waals surface area contributed by atoms with Crippen molar-refractivity contribution in [1.29, 1.82) is 0 Å². The van der Waals surface area contributed by atoms with E-state index in [4.69, 9.17) is 0 Å². The van der Waals surface area contributed by atoms with Gasteiger partial charge < -0.3 is 15.5 Å². The van der Waals surface area contributed by atoms with Crippen molar-refractivity contribution in [1.82, 2.24) is 20.4 Å². The smallest absolute Gasteiger partial charge is 0.222 e. The van der Waals surface area contributed by atoms with E-state index in [0.717, 1.165) is 51.6 Å². The van der Waals surface area contributed by atoms with Gasteiger partial charge in [0.1, 0.15) is 0 Å². The predicted molar refractivity (Wildman–Crippen MR) is 127 cm³/mol. The molecule has 1 heterocycles. The molecule has 2 N–H and O–H groups in total. The first-order valence-electron chi connectivity index (χ1n) is 10.1. The molecule has 0 spiro atoms. The van der Waals surface area contributed by atoms with E-state index in [1.54, 1.807) is 7.05 Å². The van der Waals surface area contributed by atoms with Crippen LogP contribution in [0.2, 0.25) is 0 Å². The predicted octanol–water partition coefficient (Wildman–Crippen LogP) is 2.82. The van der Waals surface area contributed by atoms with E-state index >= 15 is 0 Å². The number of aliphatic imine (C=N–C) groups is 1. The summed E-state index contributed by atoms with van der Waals surface area (Å²) in [5.74, 6) is 1.02. The second-order valence-corrected chi connectivity index (χ2v) is 7.03. The lowest BCUT2D eigenvalue weighted by Gasteiger charge is -2.20. The number of nitrogens with one attached hydrogen (secondary N) is 2. The van der Waals surface area contributed by atoms with Crippen LogP contribution < -0.4 is 10.6 Å². The van der Waals surface area contributed by atoms with Gasteiger partial charge in [0, 0.05) is 45.7 Å². The zero-order chi connectivity index (χ0) is 19.6. The number of halogens is 1. The summed E-state index contributed by atoms with van der Waals surface area (Å²) < 4.78 is 0. The number of guanidine groups is 1. The maximum Gasteiger partial charge on any atom is 0.222 e. The van der Waals surface area contributed by atoms with Gasteiger partial charge in [-0.3, -0.25) is 14.7 Å². The summed E-state index contributed by atoms with van der Waals surface area (Å²) in [5, 5.41) is 6.85. The zero-order valence-corrected chi connectivity index (χ0v) is 20.0. The van der Waals surface area contributed by atoms with Gasteiger partial charge in [0.15, 0.2) is 5.96 Å². The topological polar surface area (TPSA) is 60.0 Å². The Bertz CT molecular complexity index is 633. The van der Waals surface area contributed by atoms with Crippen LogP contribution in [0.15, 0.2) is 29.3 Å². The fourth-order valence-electron chi connectivity index (χ4n) is 3.45. The summed E-state index contributed by atoms with van der Waals surface area (Å²) in [6.07, 6.45) is 1.54. The van der Waals surface area contributed by atoms with Gasteiger partial charge in [-0.2, -0.15) is 0 Å². The summed E-state index contributed by atoms with van der Waals surface area (Å²) in [5.41, 5.74) is 2.59. The average molecular weight is 501 g/mol. The summed E-state index contributed by atoms with van der Waals surface area (Å²) in [7, 11) is 1.79. The number of rotatable bonds is 8. The van der Waals surface area contributed by atoms with Crippen molar-refractivity contribution in [3.05, 3.63) is 35.4 Å². The van der Waals surface area contributed by atoms with Crippen molar-refractivity contribution in [3.63, 3.8) is 0 Å². The highest BCUT2D eigenvalue weighted by atomic mass is 127. The molecule has 1 aromatic rings. The Balaban J connectivity index is 0.00000392. The number of likely N-dealkylation sites (tertiary alicyclic amines) is 1. The Kier molecular flexibility index (Phi) is 11.4. The van der Waals surface area contributed by atoms with Crippen molar-refractivity contribution in [2.45, 2.75) is 52.7 Å². The van der Waals surface area contributed by atoms with E-state index in [-0.39, 0.29) is 35.9 Å². The third-order valence-corrected chi connectivity index (χ3v) is 5.16. The molecule has 28 heavy (non-hydrogen) atoms. The van der Waals surface area contributed by atoms with Crippen LogP contribution in [0.4, 0.5) is 0 Å². The second-order valence-electron chi connectivity index (χ2n) is 7.03. The Labute approximate surface area is 187 Å². The molecule has 1 aromatic carbocycles. The Morgan fingerprint density at radius 1 is 1.25 bits per heavy atom. The lowest BCUT2D eigenvalue weighted by molar-refractivity contribution is -0.129. The fourth-order valence-corrected chi connectivity index (χ4v) is 3.45. The molecular weight excluding hydrogens is 465 g/mol. The summed E-state index contributed by atoms with van der Waals surface area (Å²) >= 11 is 0. The van der Waals surface area contributed by atoms with Gasteiger partial charge in [0.05, 0.1) is 0 Å². The van der Waals surface area contributed by atoms with Gasteiger partial charge in [-0.15, -0.1) is 24.0 Å². The van der Waals surface area contributed by atoms with Crippen LogP contribution in [0.5, 0.6) is 0 Å². The number of hydrogen-bond acceptors (Lipinski definition) is 3. The highest BCUT2D eigenvalue weighted by Gasteiger charge is 2.25. The third kappa shape index (κ3) is 7.58. The molecule has 0 radical (unpaired) electrons. The Morgan fingerprint density at radius 3 is 2.61 bits per heavy atom. The monoisotopic (exact) mass is 501 g/mol. The molecule has 1 unspecified atom stereocenters. The maximum absolute atomic E-state index is 11.8. The number of carbonyl (C=O) groups excluding carboxylic acids is 1. The van der Waals surface area contributed by atoms with Crippen molar-refractivity contribution in [2.24, 2.45) is 4.99 Å². The summed E-state index contributed by atoms with van der Waals surface area (Å²) in [4.78, 5) is 20.5. The molecular formula is C21H36IN5O. The molecule has 1 fully saturated rings. The Hall–Kier alpha value is -1.35. The van der Waals surface area contributed by atoms with Gasteiger partial charge in [0.2, 0.25) is 5.91 Å². The van der Waals surface area contributed by atoms with Gasteiger partial charge in [-0.25, -0.2) is 0 Å². The Morgan fingerprint density at radius 2 is 1.96 bits per heavy atom. The minimum atomic E-state index is 0. The molecule has 158 valence electrons. The van der Waals surface area contributed by atoms with E-state index in [0.29, 0.717) is 6.42 Å². The van der Waals surface area contributed by atoms with Crippen LogP contribution >= 0.6 is 24.0 Å². The van der Waals surface area contributed by atoms with Gasteiger partial charge in [-0.1, -0.05) is 45.0 Å². The normalized spacial score (nSPS) is 16.8. The fraction of sp³-hybridized carbons (Fsp3) is 0.619. The third-order valence-electron chi connectivity index (χ3n) is 5.16. The first-order valence-corrected chi connectivity index (χ1v) is 10.1. The van der Waals surface area contributed by atoms with E-state index in [1.165, 1.54) is 11.1 Å². The number of amides is 1. The van der Waals surface area contributed by atoms with Gasteiger partial charge >= 0.3 is 0 Å². The van der Waals surface area contributed by atoms with Crippen LogP contribution in [0.1, 0.15) is 44.7 Å². The number of carbonyl (C=O) groups is 1. The van der Waals surface area contributed by atoms with Crippen molar-refractivity contribution < 1.29 is 4.79 Å². The highest BCUT2D eigenvalue weighted by molar-refractivity contribution is 14.0. The summed E-state index contributed by atoms with van der Waals surface area (Å²) in [6.45, 7) is 11.7. The molecule has 6 nitrogen and oxygen atoms in total. The number of hydrogen-bond donors (Lipinski definition) is 2. The van der Waals surface area contributed by atoms with E-state index in [1.807, 2.05) is 11.8 Å². The van der Waals surface area contributed by atoms with Crippen molar-refractivity contribution >= 4 is 35.8 Å². The largest absolute Gasteiger partial charge is 0.352 e. The quantitative estimate of drug-likeness (QED) is 0.327. The second kappa shape index (κ2) is 13.0. The molecule has 0 aromatic heterocycles. The van der Waals surface area contributed by atoms with Gasteiger partial charge in [0.25, 0.3) is 0 Å². The molecule has 0 bridgehead atoms. The number of nitrogens with zero attached hydrogens (tertiary/aromatic N) is 3. The molecule has 1 atom stereocenters. The molecule has 1 amide bonds. The molecule has 1 aliphatic rings. The maximum atomic E-state index is 11.8. The molecule has 2 rings (SSSR count). The average Bonchev–Trinajstić information content (AvgIpc) is 3.17. The van der Waals surface area contributed by atoms with E-state index in [9.17, 15) is 4.79 Å². The number of benzene rings is 1. The van der Waals surface area contributed by atoms with Crippen LogP contribution in [0.3, 0.4) is 0 Å². The molecule has 1 aliphatic heterocycles. The molecule has 7 heteroatoms. The first kappa shape index (κ1) is 24.7. The van der Waals surface area contributed by atoms with Crippen LogP contribution in [0.25, 0.3) is 0 Å². The molecule has 1 saturated heterocycles. The zero-order valence-electron chi connectivity index (χ0n) is 17.7.